The Hall–Kier alpha value is -1.46. The van der Waals surface area contributed by atoms with Gasteiger partial charge in [0.15, 0.2) is 0 Å². The molecule has 1 spiro atoms. The Morgan fingerprint density at radius 1 is 1.42 bits per heavy atom. The Balaban J connectivity index is 2.00. The molecule has 1 N–H and O–H groups in total. The van der Waals surface area contributed by atoms with Crippen LogP contribution in [0.25, 0.3) is 0 Å². The number of nitrogens with one attached hydrogen (secondary N) is 1. The van der Waals surface area contributed by atoms with Gasteiger partial charge in [0.05, 0.1) is 12.1 Å². The van der Waals surface area contributed by atoms with Gasteiger partial charge in [-0.15, -0.1) is 0 Å². The third-order valence-corrected chi connectivity index (χ3v) is 3.41. The molecule has 0 aromatic heterocycles. The lowest BCUT2D eigenvalue weighted by atomic mass is 9.85. The normalized spacial score (nSPS) is 27.7. The van der Waals surface area contributed by atoms with E-state index in [0.29, 0.717) is 19.7 Å². The van der Waals surface area contributed by atoms with Gasteiger partial charge in [-0.2, -0.15) is 0 Å². The second-order valence-electron chi connectivity index (χ2n) is 6.30. The lowest BCUT2D eigenvalue weighted by Gasteiger charge is -2.44. The highest BCUT2D eigenvalue weighted by atomic mass is 16.6. The van der Waals surface area contributed by atoms with E-state index in [-0.39, 0.29) is 11.6 Å². The quantitative estimate of drug-likeness (QED) is 0.730. The second-order valence-corrected chi connectivity index (χ2v) is 6.30. The number of alkyl carbamates (subject to hydrolysis) is 1. The van der Waals surface area contributed by atoms with Gasteiger partial charge >= 0.3 is 12.2 Å². The summed E-state index contributed by atoms with van der Waals surface area (Å²) < 4.78 is 10.3. The summed E-state index contributed by atoms with van der Waals surface area (Å²) in [7, 11) is 0. The topological polar surface area (TPSA) is 67.9 Å². The summed E-state index contributed by atoms with van der Waals surface area (Å²) in [5.74, 6) is 0. The van der Waals surface area contributed by atoms with E-state index in [4.69, 9.17) is 9.47 Å². The molecule has 0 aromatic rings. The number of carbonyl (C=O) groups excluding carboxylic acids is 2. The summed E-state index contributed by atoms with van der Waals surface area (Å²) in [6.07, 6.45) is 1.77. The average Bonchev–Trinajstić information content (AvgIpc) is 2.26. The fraction of sp³-hybridized carbons (Fsp3) is 0.846. The number of amides is 2. The summed E-state index contributed by atoms with van der Waals surface area (Å²) in [6, 6.07) is 0. The maximum absolute atomic E-state index is 12.1. The van der Waals surface area contributed by atoms with Gasteiger partial charge in [-0.25, -0.2) is 9.59 Å². The third kappa shape index (κ3) is 3.52. The van der Waals surface area contributed by atoms with Gasteiger partial charge < -0.3 is 19.7 Å². The molecule has 2 aliphatic rings. The minimum atomic E-state index is -0.499. The molecule has 2 saturated heterocycles. The van der Waals surface area contributed by atoms with Crippen LogP contribution in [0.4, 0.5) is 9.59 Å². The number of likely N-dealkylation sites (tertiary alicyclic amines) is 1. The Morgan fingerprint density at radius 2 is 2.16 bits per heavy atom. The number of hydrogen-bond donors (Lipinski definition) is 1. The zero-order chi connectivity index (χ0) is 14.1. The van der Waals surface area contributed by atoms with E-state index in [1.54, 1.807) is 4.90 Å². The van der Waals surface area contributed by atoms with Crippen molar-refractivity contribution >= 4 is 12.2 Å². The molecule has 6 heteroatoms. The van der Waals surface area contributed by atoms with E-state index in [9.17, 15) is 9.59 Å². The summed E-state index contributed by atoms with van der Waals surface area (Å²) in [5.41, 5.74) is -0.842. The van der Waals surface area contributed by atoms with E-state index in [1.165, 1.54) is 0 Å². The van der Waals surface area contributed by atoms with E-state index < -0.39 is 11.7 Å². The molecule has 1 atom stereocenters. The summed E-state index contributed by atoms with van der Waals surface area (Å²) in [4.78, 5) is 25.1. The monoisotopic (exact) mass is 270 g/mol. The molecule has 0 aliphatic carbocycles. The molecule has 2 rings (SSSR count). The predicted molar refractivity (Wildman–Crippen MR) is 68.9 cm³/mol. The van der Waals surface area contributed by atoms with Crippen molar-refractivity contribution in [2.45, 2.75) is 51.2 Å². The first kappa shape index (κ1) is 14.0. The van der Waals surface area contributed by atoms with Gasteiger partial charge in [-0.05, 0) is 33.6 Å². The van der Waals surface area contributed by atoms with Crippen LogP contribution in [0, 0.1) is 0 Å². The lowest BCUT2D eigenvalue weighted by molar-refractivity contribution is 0.00114. The smallest absolute Gasteiger partial charge is 0.410 e. The first-order valence-corrected chi connectivity index (χ1v) is 6.73. The molecular formula is C13H22N2O4. The van der Waals surface area contributed by atoms with Crippen molar-refractivity contribution in [3.8, 4) is 0 Å². The number of cyclic esters (lactones) is 1. The zero-order valence-corrected chi connectivity index (χ0v) is 11.8. The molecule has 2 amide bonds. The van der Waals surface area contributed by atoms with Gasteiger partial charge in [0.25, 0.3) is 0 Å². The van der Waals surface area contributed by atoms with Crippen LogP contribution in [0.15, 0.2) is 0 Å². The minimum Gasteiger partial charge on any atom is -0.449 e. The van der Waals surface area contributed by atoms with Crippen LogP contribution in [0.5, 0.6) is 0 Å². The molecule has 0 unspecified atom stereocenters. The van der Waals surface area contributed by atoms with Crippen LogP contribution in [0.2, 0.25) is 0 Å². The lowest BCUT2D eigenvalue weighted by Crippen LogP contribution is -2.62. The van der Waals surface area contributed by atoms with Crippen molar-refractivity contribution in [3.05, 3.63) is 0 Å². The van der Waals surface area contributed by atoms with Crippen molar-refractivity contribution in [3.63, 3.8) is 0 Å². The molecule has 0 saturated carbocycles. The van der Waals surface area contributed by atoms with Crippen molar-refractivity contribution < 1.29 is 19.1 Å². The van der Waals surface area contributed by atoms with Gasteiger partial charge in [0.1, 0.15) is 5.60 Å². The van der Waals surface area contributed by atoms with E-state index in [0.717, 1.165) is 19.3 Å². The summed E-state index contributed by atoms with van der Waals surface area (Å²) in [5, 5.41) is 2.87. The molecule has 2 heterocycles. The van der Waals surface area contributed by atoms with Gasteiger partial charge in [-0.1, -0.05) is 0 Å². The van der Waals surface area contributed by atoms with Crippen LogP contribution in [-0.2, 0) is 9.47 Å². The van der Waals surface area contributed by atoms with Crippen molar-refractivity contribution in [1.29, 1.82) is 0 Å². The second kappa shape index (κ2) is 4.90. The minimum absolute atomic E-state index is 0.313. The third-order valence-electron chi connectivity index (χ3n) is 3.41. The molecule has 0 aromatic carbocycles. The Kier molecular flexibility index (Phi) is 3.60. The van der Waals surface area contributed by atoms with Crippen molar-refractivity contribution in [2.24, 2.45) is 0 Å². The molecule has 0 radical (unpaired) electrons. The predicted octanol–water partition coefficient (Wildman–Crippen LogP) is 1.89. The first-order valence-electron chi connectivity index (χ1n) is 6.73. The fourth-order valence-corrected chi connectivity index (χ4v) is 2.57. The van der Waals surface area contributed by atoms with Crippen LogP contribution in [-0.4, -0.2) is 47.9 Å². The molecule has 0 bridgehead atoms. The summed E-state index contributed by atoms with van der Waals surface area (Å²) >= 11 is 0. The maximum atomic E-state index is 12.1. The van der Waals surface area contributed by atoms with Gasteiger partial charge in [0, 0.05) is 19.5 Å². The molecule has 2 aliphatic heterocycles. The number of carbonyl (C=O) groups is 2. The van der Waals surface area contributed by atoms with E-state index >= 15 is 0 Å². The maximum Gasteiger partial charge on any atom is 0.410 e. The number of nitrogens with zero attached hydrogens (tertiary/aromatic N) is 1. The van der Waals surface area contributed by atoms with Crippen LogP contribution in [0.3, 0.4) is 0 Å². The summed E-state index contributed by atoms with van der Waals surface area (Å²) in [6.45, 7) is 7.13. The highest BCUT2D eigenvalue weighted by Crippen LogP contribution is 2.28. The number of rotatable bonds is 0. The van der Waals surface area contributed by atoms with E-state index in [2.05, 4.69) is 5.32 Å². The van der Waals surface area contributed by atoms with Crippen molar-refractivity contribution in [2.75, 3.05) is 19.7 Å². The van der Waals surface area contributed by atoms with Gasteiger partial charge in [-0.3, -0.25) is 0 Å². The molecule has 2 fully saturated rings. The van der Waals surface area contributed by atoms with Crippen LogP contribution >= 0.6 is 0 Å². The SMILES string of the molecule is CC(C)(C)OC(=O)N1CCC[C@@]2(CCOC(=O)N2)C1. The molecule has 6 nitrogen and oxygen atoms in total. The molecular weight excluding hydrogens is 248 g/mol. The fourth-order valence-electron chi connectivity index (χ4n) is 2.57. The number of piperidine rings is 1. The van der Waals surface area contributed by atoms with Gasteiger partial charge in [0.2, 0.25) is 0 Å². The average molecular weight is 270 g/mol. The molecule has 19 heavy (non-hydrogen) atoms. The van der Waals surface area contributed by atoms with Crippen LogP contribution in [0.1, 0.15) is 40.0 Å². The highest BCUT2D eigenvalue weighted by Gasteiger charge is 2.42. The Morgan fingerprint density at radius 3 is 2.79 bits per heavy atom. The highest BCUT2D eigenvalue weighted by molar-refractivity contribution is 5.71. The zero-order valence-electron chi connectivity index (χ0n) is 11.8. The molecule has 108 valence electrons. The number of hydrogen-bond acceptors (Lipinski definition) is 4. The standard InChI is InChI=1S/C13H22N2O4/c1-12(2,3)19-11(17)15-7-4-5-13(9-15)6-8-18-10(16)14-13/h4-9H2,1-3H3,(H,14,16)/t13-/m1/s1. The Labute approximate surface area is 113 Å². The Bertz CT molecular complexity index is 373. The van der Waals surface area contributed by atoms with Crippen molar-refractivity contribution in [1.82, 2.24) is 10.2 Å². The van der Waals surface area contributed by atoms with Crippen LogP contribution < -0.4 is 5.32 Å². The number of ether oxygens (including phenoxy) is 2. The first-order chi connectivity index (χ1) is 8.80. The van der Waals surface area contributed by atoms with E-state index in [1.807, 2.05) is 20.8 Å². The largest absolute Gasteiger partial charge is 0.449 e.